The Hall–Kier alpha value is -2.68. The van der Waals surface area contributed by atoms with E-state index >= 15 is 0 Å². The maximum Gasteiger partial charge on any atom is 0.522 e. The molecule has 0 atom stereocenters. The lowest BCUT2D eigenvalue weighted by molar-refractivity contribution is -0.331. The predicted octanol–water partition coefficient (Wildman–Crippen LogP) is 3.64. The van der Waals surface area contributed by atoms with Crippen LogP contribution >= 0.6 is 0 Å². The van der Waals surface area contributed by atoms with Gasteiger partial charge in [-0.1, -0.05) is 12.1 Å². The van der Waals surface area contributed by atoms with Crippen LogP contribution in [0.5, 0.6) is 0 Å². The molecule has 2 heterocycles. The number of nitrogens with one attached hydrogen (secondary N) is 1. The molecule has 1 aromatic carbocycles. The summed E-state index contributed by atoms with van der Waals surface area (Å²) in [6.07, 6.45) is -0.857. The number of H-pyrrole nitrogens is 1. The Kier molecular flexibility index (Phi) is 4.06. The molecular weight excluding hydrogens is 361 g/mol. The molecule has 0 radical (unpaired) electrons. The van der Waals surface area contributed by atoms with Crippen LogP contribution in [0.2, 0.25) is 0 Å². The van der Waals surface area contributed by atoms with Crippen molar-refractivity contribution in [3.63, 3.8) is 0 Å². The highest BCUT2D eigenvalue weighted by atomic mass is 19.4. The van der Waals surface area contributed by atoms with E-state index in [1.807, 2.05) is 13.8 Å². The molecule has 1 aliphatic carbocycles. The van der Waals surface area contributed by atoms with Crippen LogP contribution in [0.15, 0.2) is 23.1 Å². The summed E-state index contributed by atoms with van der Waals surface area (Å²) in [5.41, 5.74) is 3.68. The van der Waals surface area contributed by atoms with Gasteiger partial charge in [0.25, 0.3) is 5.56 Å². The minimum Gasteiger partial charge on any atom is -0.308 e. The summed E-state index contributed by atoms with van der Waals surface area (Å²) in [6.45, 7) is 3.07. The van der Waals surface area contributed by atoms with Crippen LogP contribution in [0.25, 0.3) is 16.7 Å². The second kappa shape index (κ2) is 6.19. The molecule has 1 N–H and O–H groups in total. The van der Waals surface area contributed by atoms with Gasteiger partial charge >= 0.3 is 6.36 Å². The number of fused-ring (bicyclic) bond motifs is 1. The first kappa shape index (κ1) is 17.7. The quantitative estimate of drug-likeness (QED) is 0.752. The van der Waals surface area contributed by atoms with Crippen molar-refractivity contribution in [3.05, 3.63) is 51.2 Å². The number of hydrogen-bond donors (Lipinski definition) is 1. The van der Waals surface area contributed by atoms with Gasteiger partial charge in [0.2, 0.25) is 0 Å². The standard InChI is InChI=1S/C18H17F3N4O2/c1-9-5-12(11-3-4-11)6-10(2)15(9)25-7-13-16(24-25)22-14(23-17(13)26)8-27-18(19,20)21/h5-7,11H,3-4,8H2,1-2H3,(H,22,23,24,26). The van der Waals surface area contributed by atoms with Gasteiger partial charge in [-0.3, -0.25) is 9.53 Å². The molecule has 0 unspecified atom stereocenters. The minimum absolute atomic E-state index is 0.0737. The van der Waals surface area contributed by atoms with Crippen LogP contribution in [-0.2, 0) is 11.3 Å². The number of benzene rings is 1. The van der Waals surface area contributed by atoms with Crippen molar-refractivity contribution < 1.29 is 17.9 Å². The molecular formula is C18H17F3N4O2. The summed E-state index contributed by atoms with van der Waals surface area (Å²) in [4.78, 5) is 18.5. The molecule has 142 valence electrons. The van der Waals surface area contributed by atoms with E-state index < -0.39 is 18.5 Å². The summed E-state index contributed by atoms with van der Waals surface area (Å²) in [7, 11) is 0. The van der Waals surface area contributed by atoms with Gasteiger partial charge in [-0.05, 0) is 49.3 Å². The van der Waals surface area contributed by atoms with Gasteiger partial charge < -0.3 is 4.98 Å². The number of ether oxygens (including phenoxy) is 1. The van der Waals surface area contributed by atoms with E-state index in [9.17, 15) is 18.0 Å². The molecule has 0 aliphatic heterocycles. The van der Waals surface area contributed by atoms with Crippen LogP contribution < -0.4 is 5.56 Å². The first-order valence-electron chi connectivity index (χ1n) is 8.52. The zero-order valence-electron chi connectivity index (χ0n) is 14.7. The first-order valence-corrected chi connectivity index (χ1v) is 8.52. The fraction of sp³-hybridized carbons (Fsp3) is 0.389. The van der Waals surface area contributed by atoms with E-state index in [4.69, 9.17) is 0 Å². The molecule has 3 aromatic rings. The SMILES string of the molecule is Cc1cc(C2CC2)cc(C)c1-n1cc2c(=O)[nH]c(COC(F)(F)F)nc2n1. The van der Waals surface area contributed by atoms with Gasteiger partial charge in [-0.2, -0.15) is 0 Å². The third-order valence-corrected chi connectivity index (χ3v) is 4.60. The average molecular weight is 378 g/mol. The third kappa shape index (κ3) is 3.59. The van der Waals surface area contributed by atoms with Crippen molar-refractivity contribution in [1.82, 2.24) is 19.7 Å². The Balaban J connectivity index is 1.73. The highest BCUT2D eigenvalue weighted by Crippen LogP contribution is 2.41. The molecule has 27 heavy (non-hydrogen) atoms. The highest BCUT2D eigenvalue weighted by Gasteiger charge is 2.29. The van der Waals surface area contributed by atoms with Gasteiger partial charge in [0.05, 0.1) is 5.69 Å². The fourth-order valence-electron chi connectivity index (χ4n) is 3.30. The number of halogens is 3. The number of aryl methyl sites for hydroxylation is 2. The number of hydrogen-bond acceptors (Lipinski definition) is 4. The molecule has 0 spiro atoms. The summed E-state index contributed by atoms with van der Waals surface area (Å²) in [5, 5.41) is 4.51. The van der Waals surface area contributed by atoms with E-state index in [0.29, 0.717) is 5.92 Å². The number of aromatic amines is 1. The highest BCUT2D eigenvalue weighted by molar-refractivity contribution is 5.73. The van der Waals surface area contributed by atoms with Crippen LogP contribution in [0.3, 0.4) is 0 Å². The zero-order chi connectivity index (χ0) is 19.3. The third-order valence-electron chi connectivity index (χ3n) is 4.60. The van der Waals surface area contributed by atoms with Crippen LogP contribution in [-0.4, -0.2) is 26.1 Å². The van der Waals surface area contributed by atoms with Gasteiger partial charge in [0, 0.05) is 6.20 Å². The lowest BCUT2D eigenvalue weighted by atomic mass is 10.0. The summed E-state index contributed by atoms with van der Waals surface area (Å²) < 4.78 is 41.9. The molecule has 1 aliphatic rings. The van der Waals surface area contributed by atoms with Crippen LogP contribution in [0.1, 0.15) is 41.3 Å². The van der Waals surface area contributed by atoms with Gasteiger partial charge in [0.1, 0.15) is 17.8 Å². The number of rotatable bonds is 4. The second-order valence-corrected chi connectivity index (χ2v) is 6.84. The monoisotopic (exact) mass is 378 g/mol. The molecule has 2 aromatic heterocycles. The number of nitrogens with zero attached hydrogens (tertiary/aromatic N) is 3. The minimum atomic E-state index is -4.80. The molecule has 0 amide bonds. The zero-order valence-corrected chi connectivity index (χ0v) is 14.7. The summed E-state index contributed by atoms with van der Waals surface area (Å²) in [6, 6.07) is 4.24. The topological polar surface area (TPSA) is 72.8 Å². The van der Waals surface area contributed by atoms with E-state index in [1.165, 1.54) is 18.4 Å². The van der Waals surface area contributed by atoms with E-state index in [2.05, 4.69) is 31.9 Å². The van der Waals surface area contributed by atoms with Gasteiger partial charge in [0.15, 0.2) is 5.65 Å². The van der Waals surface area contributed by atoms with E-state index in [0.717, 1.165) is 16.8 Å². The number of aromatic nitrogens is 4. The summed E-state index contributed by atoms with van der Waals surface area (Å²) >= 11 is 0. The molecule has 9 heteroatoms. The normalized spacial score (nSPS) is 14.9. The Morgan fingerprint density at radius 3 is 2.52 bits per heavy atom. The summed E-state index contributed by atoms with van der Waals surface area (Å²) in [5.74, 6) is 0.390. The molecule has 0 saturated heterocycles. The van der Waals surface area contributed by atoms with Gasteiger partial charge in [-0.25, -0.2) is 9.67 Å². The van der Waals surface area contributed by atoms with Gasteiger partial charge in [-0.15, -0.1) is 18.3 Å². The molecule has 0 bridgehead atoms. The van der Waals surface area contributed by atoms with Crippen LogP contribution in [0, 0.1) is 13.8 Å². The lowest BCUT2D eigenvalue weighted by Gasteiger charge is -2.12. The van der Waals surface area contributed by atoms with E-state index in [1.54, 1.807) is 10.9 Å². The number of alkyl halides is 3. The second-order valence-electron chi connectivity index (χ2n) is 6.84. The van der Waals surface area contributed by atoms with Crippen molar-refractivity contribution in [2.24, 2.45) is 0 Å². The van der Waals surface area contributed by atoms with Crippen molar-refractivity contribution in [2.45, 2.75) is 45.6 Å². The largest absolute Gasteiger partial charge is 0.522 e. The fourth-order valence-corrected chi connectivity index (χ4v) is 3.30. The first-order chi connectivity index (χ1) is 12.7. The Labute approximate surface area is 152 Å². The molecule has 6 nitrogen and oxygen atoms in total. The van der Waals surface area contributed by atoms with Crippen molar-refractivity contribution in [1.29, 1.82) is 0 Å². The average Bonchev–Trinajstić information content (AvgIpc) is 3.32. The molecule has 4 rings (SSSR count). The van der Waals surface area contributed by atoms with Crippen LogP contribution in [0.4, 0.5) is 13.2 Å². The Morgan fingerprint density at radius 2 is 1.93 bits per heavy atom. The Bertz CT molecular complexity index is 1060. The van der Waals surface area contributed by atoms with E-state index in [-0.39, 0.29) is 16.9 Å². The molecule has 1 fully saturated rings. The smallest absolute Gasteiger partial charge is 0.308 e. The molecule has 1 saturated carbocycles. The Morgan fingerprint density at radius 1 is 1.26 bits per heavy atom. The predicted molar refractivity (Wildman–Crippen MR) is 91.8 cm³/mol. The maximum absolute atomic E-state index is 12.2. The van der Waals surface area contributed by atoms with Crippen molar-refractivity contribution in [2.75, 3.05) is 0 Å². The van der Waals surface area contributed by atoms with Crippen molar-refractivity contribution in [3.8, 4) is 5.69 Å². The maximum atomic E-state index is 12.2. The van der Waals surface area contributed by atoms with Crippen molar-refractivity contribution >= 4 is 11.0 Å². The lowest BCUT2D eigenvalue weighted by Crippen LogP contribution is -2.17.